The number of piperidine rings is 1. The largest absolute Gasteiger partial charge is 0.469 e. The zero-order valence-corrected chi connectivity index (χ0v) is 11.3. The van der Waals surface area contributed by atoms with Crippen molar-refractivity contribution in [2.75, 3.05) is 13.1 Å². The molecule has 0 unspecified atom stereocenters. The SMILES string of the molecule is CC(C)(C)OC(=O)N1CCC(c2ccco2)CC1. The quantitative estimate of drug-likeness (QED) is 0.768. The highest BCUT2D eigenvalue weighted by Crippen LogP contribution is 2.28. The van der Waals surface area contributed by atoms with Gasteiger partial charge in [-0.3, -0.25) is 0 Å². The van der Waals surface area contributed by atoms with E-state index in [0.717, 1.165) is 31.7 Å². The number of likely N-dealkylation sites (tertiary alicyclic amines) is 1. The van der Waals surface area contributed by atoms with Crippen LogP contribution in [0.25, 0.3) is 0 Å². The van der Waals surface area contributed by atoms with Crippen LogP contribution in [0.3, 0.4) is 0 Å². The number of ether oxygens (including phenoxy) is 1. The monoisotopic (exact) mass is 251 g/mol. The fourth-order valence-corrected chi connectivity index (χ4v) is 2.20. The molecule has 1 saturated heterocycles. The maximum Gasteiger partial charge on any atom is 0.410 e. The molecule has 2 heterocycles. The number of rotatable bonds is 1. The fourth-order valence-electron chi connectivity index (χ4n) is 2.20. The third-order valence-corrected chi connectivity index (χ3v) is 3.09. The topological polar surface area (TPSA) is 42.7 Å². The normalized spacial score (nSPS) is 17.8. The smallest absolute Gasteiger partial charge is 0.410 e. The van der Waals surface area contributed by atoms with Gasteiger partial charge in [-0.15, -0.1) is 0 Å². The van der Waals surface area contributed by atoms with Gasteiger partial charge in [0.05, 0.1) is 6.26 Å². The highest BCUT2D eigenvalue weighted by molar-refractivity contribution is 5.68. The van der Waals surface area contributed by atoms with Crippen molar-refractivity contribution in [3.63, 3.8) is 0 Å². The van der Waals surface area contributed by atoms with E-state index in [4.69, 9.17) is 9.15 Å². The summed E-state index contributed by atoms with van der Waals surface area (Å²) >= 11 is 0. The van der Waals surface area contributed by atoms with Gasteiger partial charge < -0.3 is 14.1 Å². The summed E-state index contributed by atoms with van der Waals surface area (Å²) in [5, 5.41) is 0. The Kier molecular flexibility index (Phi) is 3.64. The van der Waals surface area contributed by atoms with Crippen LogP contribution in [0.5, 0.6) is 0 Å². The van der Waals surface area contributed by atoms with Crippen LogP contribution in [-0.4, -0.2) is 29.7 Å². The van der Waals surface area contributed by atoms with Gasteiger partial charge in [-0.25, -0.2) is 4.79 Å². The number of hydrogen-bond donors (Lipinski definition) is 0. The van der Waals surface area contributed by atoms with Crippen LogP contribution in [0.15, 0.2) is 22.8 Å². The van der Waals surface area contributed by atoms with Gasteiger partial charge >= 0.3 is 6.09 Å². The lowest BCUT2D eigenvalue weighted by Gasteiger charge is -2.32. The summed E-state index contributed by atoms with van der Waals surface area (Å²) in [6, 6.07) is 3.92. The molecular weight excluding hydrogens is 230 g/mol. The summed E-state index contributed by atoms with van der Waals surface area (Å²) < 4.78 is 10.8. The fraction of sp³-hybridized carbons (Fsp3) is 0.643. The molecule has 0 N–H and O–H groups in total. The molecular formula is C14H21NO3. The molecule has 4 heteroatoms. The summed E-state index contributed by atoms with van der Waals surface area (Å²) in [6.07, 6.45) is 3.37. The van der Waals surface area contributed by atoms with Crippen molar-refractivity contribution in [3.05, 3.63) is 24.2 Å². The zero-order chi connectivity index (χ0) is 13.2. The van der Waals surface area contributed by atoms with Crippen molar-refractivity contribution in [1.29, 1.82) is 0 Å². The second kappa shape index (κ2) is 5.04. The summed E-state index contributed by atoms with van der Waals surface area (Å²) in [6.45, 7) is 7.14. The van der Waals surface area contributed by atoms with Gasteiger partial charge in [0.25, 0.3) is 0 Å². The van der Waals surface area contributed by atoms with Gasteiger partial charge in [0.15, 0.2) is 0 Å². The van der Waals surface area contributed by atoms with Gasteiger partial charge in [-0.1, -0.05) is 0 Å². The van der Waals surface area contributed by atoms with E-state index in [1.54, 1.807) is 11.2 Å². The van der Waals surface area contributed by atoms with E-state index in [-0.39, 0.29) is 6.09 Å². The Hall–Kier alpha value is -1.45. The Bertz CT molecular complexity index is 384. The Morgan fingerprint density at radius 1 is 1.39 bits per heavy atom. The molecule has 18 heavy (non-hydrogen) atoms. The third-order valence-electron chi connectivity index (χ3n) is 3.09. The van der Waals surface area contributed by atoms with Crippen molar-refractivity contribution in [1.82, 2.24) is 4.90 Å². The molecule has 0 radical (unpaired) electrons. The standard InChI is InChI=1S/C14H21NO3/c1-14(2,3)18-13(16)15-8-6-11(7-9-15)12-5-4-10-17-12/h4-5,10-11H,6-9H2,1-3H3. The predicted octanol–water partition coefficient (Wildman–Crippen LogP) is 3.39. The van der Waals surface area contributed by atoms with Crippen LogP contribution in [-0.2, 0) is 4.74 Å². The summed E-state index contributed by atoms with van der Waals surface area (Å²) in [7, 11) is 0. The first kappa shape index (κ1) is 13.0. The molecule has 1 aromatic rings. The highest BCUT2D eigenvalue weighted by Gasteiger charge is 2.28. The first-order valence-corrected chi connectivity index (χ1v) is 6.47. The van der Waals surface area contributed by atoms with Crippen LogP contribution in [0.2, 0.25) is 0 Å². The average molecular weight is 251 g/mol. The minimum Gasteiger partial charge on any atom is -0.469 e. The molecule has 0 aliphatic carbocycles. The Balaban J connectivity index is 1.85. The molecule has 0 bridgehead atoms. The number of carbonyl (C=O) groups excluding carboxylic acids is 1. The first-order valence-electron chi connectivity index (χ1n) is 6.47. The van der Waals surface area contributed by atoms with Crippen molar-refractivity contribution >= 4 is 6.09 Å². The highest BCUT2D eigenvalue weighted by atomic mass is 16.6. The second-order valence-corrected chi connectivity index (χ2v) is 5.76. The van der Waals surface area contributed by atoms with E-state index in [2.05, 4.69) is 0 Å². The zero-order valence-electron chi connectivity index (χ0n) is 11.3. The van der Waals surface area contributed by atoms with Crippen molar-refractivity contribution in [3.8, 4) is 0 Å². The predicted molar refractivity (Wildman–Crippen MR) is 68.5 cm³/mol. The van der Waals surface area contributed by atoms with Gasteiger partial charge in [-0.2, -0.15) is 0 Å². The number of furan rings is 1. The van der Waals surface area contributed by atoms with Crippen molar-refractivity contribution in [2.24, 2.45) is 0 Å². The molecule has 0 atom stereocenters. The molecule has 0 aromatic carbocycles. The molecule has 1 fully saturated rings. The molecule has 1 aromatic heterocycles. The van der Waals surface area contributed by atoms with E-state index in [9.17, 15) is 4.79 Å². The van der Waals surface area contributed by atoms with Crippen LogP contribution in [0.1, 0.15) is 45.3 Å². The van der Waals surface area contributed by atoms with Crippen LogP contribution in [0.4, 0.5) is 4.79 Å². The minimum absolute atomic E-state index is 0.208. The van der Waals surface area contributed by atoms with Crippen LogP contribution >= 0.6 is 0 Å². The van der Waals surface area contributed by atoms with E-state index in [1.165, 1.54) is 0 Å². The Labute approximate surface area is 108 Å². The van der Waals surface area contributed by atoms with E-state index >= 15 is 0 Å². The maximum absolute atomic E-state index is 11.9. The van der Waals surface area contributed by atoms with Gasteiger partial charge in [0, 0.05) is 19.0 Å². The maximum atomic E-state index is 11.9. The minimum atomic E-state index is -0.422. The van der Waals surface area contributed by atoms with Gasteiger partial charge in [-0.05, 0) is 45.7 Å². The number of nitrogens with zero attached hydrogens (tertiary/aromatic N) is 1. The van der Waals surface area contributed by atoms with E-state index < -0.39 is 5.60 Å². The molecule has 0 saturated carbocycles. The molecule has 1 aliphatic heterocycles. The molecule has 2 rings (SSSR count). The van der Waals surface area contributed by atoms with E-state index in [0.29, 0.717) is 5.92 Å². The summed E-state index contributed by atoms with van der Waals surface area (Å²) in [5.74, 6) is 1.46. The lowest BCUT2D eigenvalue weighted by Crippen LogP contribution is -2.41. The Morgan fingerprint density at radius 2 is 2.06 bits per heavy atom. The van der Waals surface area contributed by atoms with Crippen LogP contribution in [0, 0.1) is 0 Å². The molecule has 0 spiro atoms. The van der Waals surface area contributed by atoms with Gasteiger partial charge in [0.1, 0.15) is 11.4 Å². The van der Waals surface area contributed by atoms with Crippen LogP contribution < -0.4 is 0 Å². The van der Waals surface area contributed by atoms with Crippen molar-refractivity contribution < 1.29 is 13.9 Å². The lowest BCUT2D eigenvalue weighted by molar-refractivity contribution is 0.0200. The average Bonchev–Trinajstić information content (AvgIpc) is 2.80. The molecule has 1 aliphatic rings. The van der Waals surface area contributed by atoms with Crippen molar-refractivity contribution in [2.45, 2.75) is 45.1 Å². The lowest BCUT2D eigenvalue weighted by atomic mass is 9.95. The van der Waals surface area contributed by atoms with E-state index in [1.807, 2.05) is 32.9 Å². The number of carbonyl (C=O) groups is 1. The molecule has 1 amide bonds. The summed E-state index contributed by atoms with van der Waals surface area (Å²) in [5.41, 5.74) is -0.422. The number of hydrogen-bond acceptors (Lipinski definition) is 3. The third kappa shape index (κ3) is 3.28. The molecule has 100 valence electrons. The second-order valence-electron chi connectivity index (χ2n) is 5.76. The Morgan fingerprint density at radius 3 is 2.56 bits per heavy atom. The molecule has 4 nitrogen and oxygen atoms in total. The first-order chi connectivity index (χ1) is 8.46. The van der Waals surface area contributed by atoms with Gasteiger partial charge in [0.2, 0.25) is 0 Å². The summed E-state index contributed by atoms with van der Waals surface area (Å²) in [4.78, 5) is 13.7. The number of amides is 1.